The highest BCUT2D eigenvalue weighted by atomic mass is 19.1. The van der Waals surface area contributed by atoms with Crippen LogP contribution in [0.5, 0.6) is 0 Å². The predicted molar refractivity (Wildman–Crippen MR) is 80.3 cm³/mol. The number of benzene rings is 1. The number of aromatic nitrogens is 2. The second kappa shape index (κ2) is 7.04. The van der Waals surface area contributed by atoms with Crippen LogP contribution in [0.15, 0.2) is 30.3 Å². The number of esters is 2. The Bertz CT molecular complexity index is 727. The molecule has 0 aliphatic rings. The molecule has 1 aromatic carbocycles. The molecule has 0 aliphatic heterocycles. The molecule has 0 saturated carbocycles. The zero-order valence-electron chi connectivity index (χ0n) is 13.1. The SMILES string of the molecule is CCOC(=O)C(C)n1nc(C(=O)OC)cc1-c1cccc(F)c1. The zero-order chi connectivity index (χ0) is 17.0. The maximum absolute atomic E-state index is 13.5. The van der Waals surface area contributed by atoms with Crippen molar-refractivity contribution >= 4 is 11.9 Å². The molecular formula is C16H17FN2O4. The number of nitrogens with zero attached hydrogens (tertiary/aromatic N) is 2. The van der Waals surface area contributed by atoms with Crippen LogP contribution in [0.2, 0.25) is 0 Å². The van der Waals surface area contributed by atoms with Crippen LogP contribution in [0.25, 0.3) is 11.3 Å². The third kappa shape index (κ3) is 3.56. The summed E-state index contributed by atoms with van der Waals surface area (Å²) in [6.45, 7) is 3.51. The second-order valence-electron chi connectivity index (χ2n) is 4.79. The molecule has 1 unspecified atom stereocenters. The molecule has 2 rings (SSSR count). The summed E-state index contributed by atoms with van der Waals surface area (Å²) in [5, 5.41) is 4.11. The van der Waals surface area contributed by atoms with Crippen LogP contribution in [0.4, 0.5) is 4.39 Å². The molecule has 23 heavy (non-hydrogen) atoms. The first-order valence-corrected chi connectivity index (χ1v) is 7.08. The summed E-state index contributed by atoms with van der Waals surface area (Å²) in [6.07, 6.45) is 0. The van der Waals surface area contributed by atoms with E-state index in [-0.39, 0.29) is 12.3 Å². The Morgan fingerprint density at radius 3 is 2.70 bits per heavy atom. The van der Waals surface area contributed by atoms with Crippen molar-refractivity contribution < 1.29 is 23.5 Å². The summed E-state index contributed by atoms with van der Waals surface area (Å²) in [5.41, 5.74) is 0.942. The van der Waals surface area contributed by atoms with Gasteiger partial charge in [0.25, 0.3) is 0 Å². The Morgan fingerprint density at radius 2 is 2.09 bits per heavy atom. The molecule has 6 nitrogen and oxygen atoms in total. The normalized spacial score (nSPS) is 11.8. The molecule has 0 bridgehead atoms. The van der Waals surface area contributed by atoms with E-state index in [9.17, 15) is 14.0 Å². The van der Waals surface area contributed by atoms with Crippen LogP contribution in [0, 0.1) is 5.82 Å². The lowest BCUT2D eigenvalue weighted by molar-refractivity contribution is -0.146. The summed E-state index contributed by atoms with van der Waals surface area (Å²) in [5.74, 6) is -1.57. The van der Waals surface area contributed by atoms with E-state index in [4.69, 9.17) is 4.74 Å². The monoisotopic (exact) mass is 320 g/mol. The topological polar surface area (TPSA) is 70.4 Å². The van der Waals surface area contributed by atoms with Gasteiger partial charge in [0.15, 0.2) is 5.69 Å². The Labute approximate surface area is 132 Å². The molecule has 0 amide bonds. The first-order chi connectivity index (χ1) is 11.0. The van der Waals surface area contributed by atoms with Crippen LogP contribution in [-0.4, -0.2) is 35.4 Å². The first kappa shape index (κ1) is 16.7. The molecule has 0 fully saturated rings. The van der Waals surface area contributed by atoms with Crippen molar-refractivity contribution in [3.05, 3.63) is 41.8 Å². The van der Waals surface area contributed by atoms with Crippen molar-refractivity contribution in [2.45, 2.75) is 19.9 Å². The molecule has 122 valence electrons. The van der Waals surface area contributed by atoms with E-state index < -0.39 is 23.8 Å². The maximum atomic E-state index is 13.5. The minimum atomic E-state index is -0.772. The fraction of sp³-hybridized carbons (Fsp3) is 0.312. The van der Waals surface area contributed by atoms with Gasteiger partial charge in [0.05, 0.1) is 19.4 Å². The van der Waals surface area contributed by atoms with Crippen LogP contribution >= 0.6 is 0 Å². The smallest absolute Gasteiger partial charge is 0.358 e. The molecule has 0 saturated heterocycles. The molecule has 0 radical (unpaired) electrons. The van der Waals surface area contributed by atoms with Crippen molar-refractivity contribution in [2.24, 2.45) is 0 Å². The third-order valence-corrected chi connectivity index (χ3v) is 3.25. The van der Waals surface area contributed by atoms with E-state index in [2.05, 4.69) is 9.84 Å². The van der Waals surface area contributed by atoms with Gasteiger partial charge in [-0.25, -0.2) is 18.7 Å². The van der Waals surface area contributed by atoms with Crippen molar-refractivity contribution in [3.8, 4) is 11.3 Å². The van der Waals surface area contributed by atoms with Crippen LogP contribution in [0.3, 0.4) is 0 Å². The highest BCUT2D eigenvalue weighted by molar-refractivity contribution is 5.89. The summed E-state index contributed by atoms with van der Waals surface area (Å²) < 4.78 is 24.4. The van der Waals surface area contributed by atoms with E-state index in [1.165, 1.54) is 36.1 Å². The summed E-state index contributed by atoms with van der Waals surface area (Å²) in [6, 6.07) is 6.49. The number of carbonyl (C=O) groups is 2. The Morgan fingerprint density at radius 1 is 1.35 bits per heavy atom. The molecular weight excluding hydrogens is 303 g/mol. The van der Waals surface area contributed by atoms with E-state index in [0.717, 1.165) is 0 Å². The van der Waals surface area contributed by atoms with Gasteiger partial charge in [0, 0.05) is 5.56 Å². The van der Waals surface area contributed by atoms with Crippen LogP contribution < -0.4 is 0 Å². The fourth-order valence-electron chi connectivity index (χ4n) is 2.12. The quantitative estimate of drug-likeness (QED) is 0.792. The van der Waals surface area contributed by atoms with E-state index >= 15 is 0 Å². The molecule has 1 atom stereocenters. The molecule has 0 aliphatic carbocycles. The van der Waals surface area contributed by atoms with Gasteiger partial charge in [-0.15, -0.1) is 0 Å². The maximum Gasteiger partial charge on any atom is 0.358 e. The van der Waals surface area contributed by atoms with E-state index in [1.807, 2.05) is 0 Å². The summed E-state index contributed by atoms with van der Waals surface area (Å²) in [7, 11) is 1.23. The van der Waals surface area contributed by atoms with Gasteiger partial charge < -0.3 is 9.47 Å². The van der Waals surface area contributed by atoms with Gasteiger partial charge in [-0.3, -0.25) is 0 Å². The standard InChI is InChI=1S/C16H17FN2O4/c1-4-23-15(20)10(2)19-14(9-13(18-19)16(21)22-3)11-6-5-7-12(17)8-11/h5-10H,4H2,1-3H3. The van der Waals surface area contributed by atoms with Gasteiger partial charge in [-0.2, -0.15) is 5.10 Å². The molecule has 2 aromatic rings. The Kier molecular flexibility index (Phi) is 5.10. The first-order valence-electron chi connectivity index (χ1n) is 7.08. The number of halogens is 1. The highest BCUT2D eigenvalue weighted by Gasteiger charge is 2.24. The van der Waals surface area contributed by atoms with Crippen molar-refractivity contribution in [3.63, 3.8) is 0 Å². The molecule has 0 spiro atoms. The largest absolute Gasteiger partial charge is 0.464 e. The minimum Gasteiger partial charge on any atom is -0.464 e. The average Bonchev–Trinajstić information content (AvgIpc) is 2.98. The molecule has 1 heterocycles. The average molecular weight is 320 g/mol. The van der Waals surface area contributed by atoms with E-state index in [0.29, 0.717) is 11.3 Å². The van der Waals surface area contributed by atoms with Gasteiger partial charge in [-0.05, 0) is 32.0 Å². The molecule has 1 aromatic heterocycles. The number of hydrogen-bond acceptors (Lipinski definition) is 5. The third-order valence-electron chi connectivity index (χ3n) is 3.25. The van der Waals surface area contributed by atoms with Crippen LogP contribution in [-0.2, 0) is 14.3 Å². The second-order valence-corrected chi connectivity index (χ2v) is 4.79. The molecule has 7 heteroatoms. The van der Waals surface area contributed by atoms with Gasteiger partial charge in [0.2, 0.25) is 0 Å². The lowest BCUT2D eigenvalue weighted by atomic mass is 10.1. The minimum absolute atomic E-state index is 0.0305. The number of methoxy groups -OCH3 is 1. The molecule has 0 N–H and O–H groups in total. The van der Waals surface area contributed by atoms with Gasteiger partial charge in [0.1, 0.15) is 11.9 Å². The number of rotatable bonds is 5. The van der Waals surface area contributed by atoms with Crippen molar-refractivity contribution in [2.75, 3.05) is 13.7 Å². The number of hydrogen-bond donors (Lipinski definition) is 0. The highest BCUT2D eigenvalue weighted by Crippen LogP contribution is 2.25. The van der Waals surface area contributed by atoms with Crippen LogP contribution in [0.1, 0.15) is 30.4 Å². The lowest BCUT2D eigenvalue weighted by Crippen LogP contribution is -2.21. The zero-order valence-corrected chi connectivity index (χ0v) is 13.1. The Balaban J connectivity index is 2.52. The van der Waals surface area contributed by atoms with Gasteiger partial charge in [-0.1, -0.05) is 12.1 Å². The summed E-state index contributed by atoms with van der Waals surface area (Å²) in [4.78, 5) is 23.7. The lowest BCUT2D eigenvalue weighted by Gasteiger charge is -2.14. The van der Waals surface area contributed by atoms with Crippen molar-refractivity contribution in [1.29, 1.82) is 0 Å². The predicted octanol–water partition coefficient (Wildman–Crippen LogP) is 2.60. The summed E-state index contributed by atoms with van der Waals surface area (Å²) >= 11 is 0. The number of ether oxygens (including phenoxy) is 2. The van der Waals surface area contributed by atoms with Gasteiger partial charge >= 0.3 is 11.9 Å². The van der Waals surface area contributed by atoms with Crippen molar-refractivity contribution in [1.82, 2.24) is 9.78 Å². The number of carbonyl (C=O) groups excluding carboxylic acids is 2. The Hall–Kier alpha value is -2.70. The van der Waals surface area contributed by atoms with E-state index in [1.54, 1.807) is 19.9 Å². The fourth-order valence-corrected chi connectivity index (χ4v) is 2.12.